The Bertz CT molecular complexity index is 651. The first kappa shape index (κ1) is 17.1. The van der Waals surface area contributed by atoms with Crippen molar-refractivity contribution in [3.05, 3.63) is 53.5 Å². The number of para-hydroxylation sites is 1. The molecule has 23 heavy (non-hydrogen) atoms. The first-order valence-electron chi connectivity index (χ1n) is 7.66. The molecule has 2 aromatic rings. The van der Waals surface area contributed by atoms with Crippen molar-refractivity contribution >= 4 is 5.91 Å². The van der Waals surface area contributed by atoms with Crippen LogP contribution in [0.25, 0.3) is 0 Å². The van der Waals surface area contributed by atoms with Crippen LogP contribution < -0.4 is 10.1 Å². The normalized spacial score (nSPS) is 12.2. The van der Waals surface area contributed by atoms with Gasteiger partial charge in [-0.3, -0.25) is 9.69 Å². The molecule has 0 radical (unpaired) electrons. The first-order valence-corrected chi connectivity index (χ1v) is 7.66. The van der Waals surface area contributed by atoms with Crippen LogP contribution in [0, 0.1) is 6.92 Å². The summed E-state index contributed by atoms with van der Waals surface area (Å²) in [5.41, 5.74) is 0.958. The monoisotopic (exact) mass is 316 g/mol. The number of carbonyl (C=O) groups excluding carboxylic acids is 1. The van der Waals surface area contributed by atoms with E-state index in [0.717, 1.165) is 22.8 Å². The topological polar surface area (TPSA) is 54.7 Å². The lowest BCUT2D eigenvalue weighted by atomic mass is 10.2. The van der Waals surface area contributed by atoms with Crippen LogP contribution in [0.1, 0.15) is 24.0 Å². The third-order valence-corrected chi connectivity index (χ3v) is 3.89. The Kier molecular flexibility index (Phi) is 5.82. The van der Waals surface area contributed by atoms with E-state index >= 15 is 0 Å². The maximum atomic E-state index is 12.3. The highest BCUT2D eigenvalue weighted by Gasteiger charge is 2.19. The average Bonchev–Trinajstić information content (AvgIpc) is 2.96. The maximum absolute atomic E-state index is 12.3. The van der Waals surface area contributed by atoms with Crippen LogP contribution in [0.4, 0.5) is 0 Å². The van der Waals surface area contributed by atoms with Crippen molar-refractivity contribution < 1.29 is 13.9 Å². The highest BCUT2D eigenvalue weighted by molar-refractivity contribution is 5.81. The molecule has 124 valence electrons. The summed E-state index contributed by atoms with van der Waals surface area (Å²) in [7, 11) is 3.54. The highest BCUT2D eigenvalue weighted by atomic mass is 16.5. The molecule has 1 heterocycles. The molecule has 0 aliphatic rings. The van der Waals surface area contributed by atoms with Crippen LogP contribution in [0.3, 0.4) is 0 Å². The van der Waals surface area contributed by atoms with Gasteiger partial charge >= 0.3 is 0 Å². The summed E-state index contributed by atoms with van der Waals surface area (Å²) in [5, 5.41) is 2.95. The third-order valence-electron chi connectivity index (χ3n) is 3.89. The molecule has 1 aromatic heterocycles. The van der Waals surface area contributed by atoms with Gasteiger partial charge in [0.15, 0.2) is 0 Å². The molecule has 5 nitrogen and oxygen atoms in total. The molecule has 1 amide bonds. The molecule has 2 rings (SSSR count). The summed E-state index contributed by atoms with van der Waals surface area (Å²) in [6.07, 6.45) is 0. The summed E-state index contributed by atoms with van der Waals surface area (Å²) in [6, 6.07) is 11.3. The van der Waals surface area contributed by atoms with E-state index in [0.29, 0.717) is 13.1 Å². The fraction of sp³-hybridized carbons (Fsp3) is 0.389. The van der Waals surface area contributed by atoms with Crippen molar-refractivity contribution in [1.82, 2.24) is 10.2 Å². The standard InChI is InChI=1S/C18H24N2O3/c1-13-9-10-16(23-13)12-20(3)14(2)18(21)19-11-15-7-5-6-8-17(15)22-4/h5-10,14H,11-12H2,1-4H3,(H,19,21)/t14-/m0/s1. The molecule has 0 spiro atoms. The van der Waals surface area contributed by atoms with Gasteiger partial charge in [0.2, 0.25) is 5.91 Å². The van der Waals surface area contributed by atoms with E-state index in [-0.39, 0.29) is 11.9 Å². The number of benzene rings is 1. The van der Waals surface area contributed by atoms with Crippen LogP contribution in [-0.2, 0) is 17.9 Å². The second kappa shape index (κ2) is 7.83. The van der Waals surface area contributed by atoms with E-state index < -0.39 is 0 Å². The number of hydrogen-bond acceptors (Lipinski definition) is 4. The van der Waals surface area contributed by atoms with E-state index in [4.69, 9.17) is 9.15 Å². The van der Waals surface area contributed by atoms with Gasteiger partial charge in [-0.2, -0.15) is 0 Å². The minimum absolute atomic E-state index is 0.0262. The summed E-state index contributed by atoms with van der Waals surface area (Å²) < 4.78 is 10.8. The Balaban J connectivity index is 1.89. The number of likely N-dealkylation sites (N-methyl/N-ethyl adjacent to an activating group) is 1. The van der Waals surface area contributed by atoms with Crippen molar-refractivity contribution in [3.63, 3.8) is 0 Å². The molecule has 0 saturated carbocycles. The number of furan rings is 1. The molecule has 1 atom stereocenters. The zero-order valence-electron chi connectivity index (χ0n) is 14.1. The predicted octanol–water partition coefficient (Wildman–Crippen LogP) is 2.73. The van der Waals surface area contributed by atoms with Gasteiger partial charge in [-0.05, 0) is 39.1 Å². The average molecular weight is 316 g/mol. The number of aryl methyl sites for hydroxylation is 1. The van der Waals surface area contributed by atoms with Gasteiger partial charge in [-0.25, -0.2) is 0 Å². The van der Waals surface area contributed by atoms with E-state index in [2.05, 4.69) is 5.32 Å². The van der Waals surface area contributed by atoms with E-state index in [1.807, 2.05) is 62.2 Å². The van der Waals surface area contributed by atoms with Crippen LogP contribution in [0.5, 0.6) is 5.75 Å². The van der Waals surface area contributed by atoms with Crippen molar-refractivity contribution in [1.29, 1.82) is 0 Å². The summed E-state index contributed by atoms with van der Waals surface area (Å²) in [6.45, 7) is 4.83. The molecular formula is C18H24N2O3. The Morgan fingerprint density at radius 3 is 2.70 bits per heavy atom. The van der Waals surface area contributed by atoms with Gasteiger partial charge in [0.1, 0.15) is 17.3 Å². The Hall–Kier alpha value is -2.27. The molecule has 0 aliphatic carbocycles. The van der Waals surface area contributed by atoms with Crippen LogP contribution in [-0.4, -0.2) is 31.0 Å². The molecule has 1 aromatic carbocycles. The Labute approximate surface area is 137 Å². The van der Waals surface area contributed by atoms with Gasteiger partial charge in [-0.15, -0.1) is 0 Å². The van der Waals surface area contributed by atoms with Gasteiger partial charge in [0.05, 0.1) is 19.7 Å². The SMILES string of the molecule is COc1ccccc1CNC(=O)[C@H](C)N(C)Cc1ccc(C)o1. The lowest BCUT2D eigenvalue weighted by Gasteiger charge is -2.23. The van der Waals surface area contributed by atoms with E-state index in [1.165, 1.54) is 0 Å². The zero-order chi connectivity index (χ0) is 16.8. The Morgan fingerprint density at radius 2 is 2.04 bits per heavy atom. The summed E-state index contributed by atoms with van der Waals surface area (Å²) in [5.74, 6) is 2.48. The highest BCUT2D eigenvalue weighted by Crippen LogP contribution is 2.17. The number of nitrogens with zero attached hydrogens (tertiary/aromatic N) is 1. The molecule has 5 heteroatoms. The molecule has 0 saturated heterocycles. The number of nitrogens with one attached hydrogen (secondary N) is 1. The zero-order valence-corrected chi connectivity index (χ0v) is 14.1. The number of hydrogen-bond donors (Lipinski definition) is 1. The molecular weight excluding hydrogens is 292 g/mol. The third kappa shape index (κ3) is 4.60. The quantitative estimate of drug-likeness (QED) is 0.853. The number of ether oxygens (including phenoxy) is 1. The van der Waals surface area contributed by atoms with Crippen LogP contribution in [0.2, 0.25) is 0 Å². The first-order chi connectivity index (χ1) is 11.0. The number of carbonyl (C=O) groups is 1. The maximum Gasteiger partial charge on any atom is 0.237 e. The van der Waals surface area contributed by atoms with Crippen molar-refractivity contribution in [2.45, 2.75) is 33.0 Å². The Morgan fingerprint density at radius 1 is 1.30 bits per heavy atom. The summed E-state index contributed by atoms with van der Waals surface area (Å²) in [4.78, 5) is 14.3. The summed E-state index contributed by atoms with van der Waals surface area (Å²) >= 11 is 0. The predicted molar refractivity (Wildman–Crippen MR) is 89.2 cm³/mol. The largest absolute Gasteiger partial charge is 0.496 e. The fourth-order valence-corrected chi connectivity index (χ4v) is 2.33. The van der Waals surface area contributed by atoms with Gasteiger partial charge in [-0.1, -0.05) is 18.2 Å². The van der Waals surface area contributed by atoms with Crippen molar-refractivity contribution in [3.8, 4) is 5.75 Å². The molecule has 0 fully saturated rings. The number of amides is 1. The minimum Gasteiger partial charge on any atom is -0.496 e. The fourth-order valence-electron chi connectivity index (χ4n) is 2.33. The number of rotatable bonds is 7. The van der Waals surface area contributed by atoms with Gasteiger partial charge < -0.3 is 14.5 Å². The molecule has 1 N–H and O–H groups in total. The van der Waals surface area contributed by atoms with E-state index in [1.54, 1.807) is 7.11 Å². The molecule has 0 bridgehead atoms. The van der Waals surface area contributed by atoms with Crippen LogP contribution in [0.15, 0.2) is 40.8 Å². The smallest absolute Gasteiger partial charge is 0.237 e. The second-order valence-electron chi connectivity index (χ2n) is 5.63. The van der Waals surface area contributed by atoms with E-state index in [9.17, 15) is 4.79 Å². The lowest BCUT2D eigenvalue weighted by Crippen LogP contribution is -2.42. The molecule has 0 aliphatic heterocycles. The second-order valence-corrected chi connectivity index (χ2v) is 5.63. The molecule has 0 unspecified atom stereocenters. The van der Waals surface area contributed by atoms with Gasteiger partial charge in [0.25, 0.3) is 0 Å². The number of methoxy groups -OCH3 is 1. The lowest BCUT2D eigenvalue weighted by molar-refractivity contribution is -0.125. The van der Waals surface area contributed by atoms with Gasteiger partial charge in [0, 0.05) is 12.1 Å². The van der Waals surface area contributed by atoms with Crippen LogP contribution >= 0.6 is 0 Å². The minimum atomic E-state index is -0.255. The van der Waals surface area contributed by atoms with Crippen molar-refractivity contribution in [2.75, 3.05) is 14.2 Å². The van der Waals surface area contributed by atoms with Crippen molar-refractivity contribution in [2.24, 2.45) is 0 Å².